The van der Waals surface area contributed by atoms with Gasteiger partial charge < -0.3 is 10.1 Å². The lowest BCUT2D eigenvalue weighted by Gasteiger charge is -2.08. The van der Waals surface area contributed by atoms with Crippen molar-refractivity contribution < 1.29 is 14.3 Å². The molecule has 2 aromatic rings. The highest BCUT2D eigenvalue weighted by Gasteiger charge is 2.19. The van der Waals surface area contributed by atoms with Crippen LogP contribution in [-0.2, 0) is 16.0 Å². The van der Waals surface area contributed by atoms with Gasteiger partial charge in [-0.1, -0.05) is 29.8 Å². The number of halogens is 1. The minimum atomic E-state index is -0.457. The topological polar surface area (TPSA) is 55.4 Å². The number of anilines is 1. The highest BCUT2D eigenvalue weighted by Crippen LogP contribution is 2.28. The molecule has 21 heavy (non-hydrogen) atoms. The first kappa shape index (κ1) is 15.5. The predicted molar refractivity (Wildman–Crippen MR) is 84.2 cm³/mol. The van der Waals surface area contributed by atoms with Crippen LogP contribution in [0.25, 0.3) is 0 Å². The summed E-state index contributed by atoms with van der Waals surface area (Å²) in [5, 5.41) is 5.11. The number of methoxy groups -OCH3 is 1. The Balaban J connectivity index is 2.15. The molecule has 0 aliphatic rings. The number of esters is 1. The Morgan fingerprint density at radius 1 is 1.33 bits per heavy atom. The third-order valence-corrected chi connectivity index (χ3v) is 4.37. The fraction of sp³-hybridized carbons (Fsp3) is 0.200. The van der Waals surface area contributed by atoms with Crippen molar-refractivity contribution in [2.24, 2.45) is 0 Å². The molecule has 0 unspecified atom stereocenters. The first-order valence-electron chi connectivity index (χ1n) is 6.22. The van der Waals surface area contributed by atoms with Crippen LogP contribution in [0.3, 0.4) is 0 Å². The molecule has 2 rings (SSSR count). The molecule has 0 aliphatic carbocycles. The van der Waals surface area contributed by atoms with Gasteiger partial charge in [-0.05, 0) is 29.5 Å². The number of aryl methyl sites for hydroxylation is 1. The monoisotopic (exact) mass is 323 g/mol. The van der Waals surface area contributed by atoms with Gasteiger partial charge in [0.1, 0.15) is 4.88 Å². The van der Waals surface area contributed by atoms with Crippen molar-refractivity contribution in [3.8, 4) is 0 Å². The number of amides is 1. The number of rotatable bonds is 4. The van der Waals surface area contributed by atoms with Gasteiger partial charge in [0, 0.05) is 5.02 Å². The molecule has 1 amide bonds. The van der Waals surface area contributed by atoms with E-state index in [2.05, 4.69) is 5.32 Å². The Morgan fingerprint density at radius 3 is 2.71 bits per heavy atom. The van der Waals surface area contributed by atoms with E-state index in [4.69, 9.17) is 16.3 Å². The van der Waals surface area contributed by atoms with E-state index < -0.39 is 5.97 Å². The summed E-state index contributed by atoms with van der Waals surface area (Å²) in [6.45, 7) is 1.83. The zero-order valence-electron chi connectivity index (χ0n) is 11.6. The number of nitrogens with one attached hydrogen (secondary N) is 1. The Bertz CT molecular complexity index is 681. The van der Waals surface area contributed by atoms with E-state index in [0.717, 1.165) is 11.1 Å². The molecule has 0 radical (unpaired) electrons. The lowest BCUT2D eigenvalue weighted by atomic mass is 10.1. The Morgan fingerprint density at radius 2 is 2.05 bits per heavy atom. The predicted octanol–water partition coefficient (Wildman–Crippen LogP) is 3.68. The Kier molecular flexibility index (Phi) is 4.98. The maximum Gasteiger partial charge on any atom is 0.350 e. The molecule has 1 aromatic heterocycles. The van der Waals surface area contributed by atoms with Crippen LogP contribution in [0.2, 0.25) is 5.02 Å². The lowest BCUT2D eigenvalue weighted by molar-refractivity contribution is -0.115. The van der Waals surface area contributed by atoms with Crippen LogP contribution in [0.4, 0.5) is 5.69 Å². The molecule has 0 spiro atoms. The Labute approximate surface area is 131 Å². The minimum Gasteiger partial charge on any atom is -0.465 e. The number of ether oxygens (including phenoxy) is 1. The van der Waals surface area contributed by atoms with Crippen molar-refractivity contribution in [3.05, 3.63) is 50.7 Å². The Hall–Kier alpha value is -1.85. The molecular weight excluding hydrogens is 310 g/mol. The van der Waals surface area contributed by atoms with Gasteiger partial charge in [-0.15, -0.1) is 11.3 Å². The van der Waals surface area contributed by atoms with Crippen LogP contribution < -0.4 is 5.32 Å². The van der Waals surface area contributed by atoms with Gasteiger partial charge in [0.25, 0.3) is 0 Å². The van der Waals surface area contributed by atoms with Gasteiger partial charge >= 0.3 is 5.97 Å². The molecule has 0 bridgehead atoms. The second kappa shape index (κ2) is 6.74. The summed E-state index contributed by atoms with van der Waals surface area (Å²) in [7, 11) is 1.31. The molecule has 4 nitrogen and oxygen atoms in total. The van der Waals surface area contributed by atoms with Crippen LogP contribution in [-0.4, -0.2) is 19.0 Å². The van der Waals surface area contributed by atoms with E-state index in [1.54, 1.807) is 17.5 Å². The SMILES string of the molecule is COC(=O)c1scc(C)c1NC(=O)Cc1ccccc1Cl. The molecule has 1 N–H and O–H groups in total. The second-order valence-electron chi connectivity index (χ2n) is 4.43. The molecule has 110 valence electrons. The van der Waals surface area contributed by atoms with Crippen LogP contribution in [0.5, 0.6) is 0 Å². The van der Waals surface area contributed by atoms with E-state index >= 15 is 0 Å². The van der Waals surface area contributed by atoms with Gasteiger partial charge in [-0.25, -0.2) is 4.79 Å². The van der Waals surface area contributed by atoms with Crippen LogP contribution in [0, 0.1) is 6.92 Å². The molecule has 1 heterocycles. The summed E-state index contributed by atoms with van der Waals surface area (Å²) < 4.78 is 4.71. The smallest absolute Gasteiger partial charge is 0.350 e. The van der Waals surface area contributed by atoms with Crippen LogP contribution in [0.15, 0.2) is 29.6 Å². The summed E-state index contributed by atoms with van der Waals surface area (Å²) in [6, 6.07) is 7.16. The molecular formula is C15H14ClNO3S. The number of thiophene rings is 1. The number of benzene rings is 1. The summed E-state index contributed by atoms with van der Waals surface area (Å²) >= 11 is 7.28. The molecule has 0 fully saturated rings. The van der Waals surface area contributed by atoms with E-state index in [1.807, 2.05) is 19.1 Å². The highest BCUT2D eigenvalue weighted by molar-refractivity contribution is 7.12. The highest BCUT2D eigenvalue weighted by atomic mass is 35.5. The fourth-order valence-electron chi connectivity index (χ4n) is 1.84. The van der Waals surface area contributed by atoms with Gasteiger partial charge in [0.2, 0.25) is 5.91 Å². The largest absolute Gasteiger partial charge is 0.465 e. The summed E-state index contributed by atoms with van der Waals surface area (Å²) in [4.78, 5) is 24.2. The fourth-order valence-corrected chi connectivity index (χ4v) is 2.97. The molecule has 0 saturated carbocycles. The van der Waals surface area contributed by atoms with Crippen LogP contribution >= 0.6 is 22.9 Å². The normalized spacial score (nSPS) is 10.2. The van der Waals surface area contributed by atoms with E-state index in [9.17, 15) is 9.59 Å². The average Bonchev–Trinajstić information content (AvgIpc) is 2.82. The van der Waals surface area contributed by atoms with E-state index in [0.29, 0.717) is 15.6 Å². The van der Waals surface area contributed by atoms with Gasteiger partial charge in [-0.3, -0.25) is 4.79 Å². The number of hydrogen-bond acceptors (Lipinski definition) is 4. The lowest BCUT2D eigenvalue weighted by Crippen LogP contribution is -2.17. The zero-order valence-corrected chi connectivity index (χ0v) is 13.2. The van der Waals surface area contributed by atoms with Crippen molar-refractivity contribution in [1.82, 2.24) is 0 Å². The quantitative estimate of drug-likeness (QED) is 0.873. The van der Waals surface area contributed by atoms with Gasteiger partial charge in [0.05, 0.1) is 19.2 Å². The van der Waals surface area contributed by atoms with Crippen molar-refractivity contribution in [3.63, 3.8) is 0 Å². The molecule has 0 aliphatic heterocycles. The average molecular weight is 324 g/mol. The maximum absolute atomic E-state index is 12.1. The first-order chi connectivity index (χ1) is 10.0. The van der Waals surface area contributed by atoms with Crippen molar-refractivity contribution in [2.45, 2.75) is 13.3 Å². The minimum absolute atomic E-state index is 0.148. The van der Waals surface area contributed by atoms with Crippen LogP contribution in [0.1, 0.15) is 20.8 Å². The zero-order chi connectivity index (χ0) is 15.4. The summed E-state index contributed by atoms with van der Waals surface area (Å²) in [5.74, 6) is -0.684. The summed E-state index contributed by atoms with van der Waals surface area (Å²) in [5.41, 5.74) is 2.07. The third-order valence-electron chi connectivity index (χ3n) is 2.92. The van der Waals surface area contributed by atoms with E-state index in [-0.39, 0.29) is 12.3 Å². The number of hydrogen-bond donors (Lipinski definition) is 1. The van der Waals surface area contributed by atoms with Gasteiger partial charge in [-0.2, -0.15) is 0 Å². The molecule has 6 heteroatoms. The van der Waals surface area contributed by atoms with Crippen molar-refractivity contribution in [1.29, 1.82) is 0 Å². The van der Waals surface area contributed by atoms with Crippen molar-refractivity contribution >= 4 is 40.5 Å². The summed E-state index contributed by atoms with van der Waals surface area (Å²) in [6.07, 6.45) is 0.148. The second-order valence-corrected chi connectivity index (χ2v) is 5.72. The van der Waals surface area contributed by atoms with Crippen molar-refractivity contribution in [2.75, 3.05) is 12.4 Å². The maximum atomic E-state index is 12.1. The molecule has 0 atom stereocenters. The third kappa shape index (κ3) is 3.62. The van der Waals surface area contributed by atoms with E-state index in [1.165, 1.54) is 18.4 Å². The molecule has 1 aromatic carbocycles. The first-order valence-corrected chi connectivity index (χ1v) is 7.48. The number of carbonyl (C=O) groups excluding carboxylic acids is 2. The number of carbonyl (C=O) groups is 2. The molecule has 0 saturated heterocycles. The van der Waals surface area contributed by atoms with Gasteiger partial charge in [0.15, 0.2) is 0 Å². The standard InChI is InChI=1S/C15H14ClNO3S/c1-9-8-21-14(15(19)20-2)13(9)17-12(18)7-10-5-3-4-6-11(10)16/h3-6,8H,7H2,1-2H3,(H,17,18).